The molecule has 1 atom stereocenters. The smallest absolute Gasteiger partial charge is 0.274 e. The summed E-state index contributed by atoms with van der Waals surface area (Å²) in [7, 11) is 0. The number of carbonyl (C=O) groups is 1. The SMILES string of the molecule is Cc1cc(C(=O)N2CCCC2C(C)(C)O)nn1-c1cccc(Cl)c1. The minimum Gasteiger partial charge on any atom is -0.388 e. The number of aliphatic hydroxyl groups is 1. The predicted molar refractivity (Wildman–Crippen MR) is 93.7 cm³/mol. The molecule has 1 N–H and O–H groups in total. The van der Waals surface area contributed by atoms with Crippen LogP contribution in [0.4, 0.5) is 0 Å². The van der Waals surface area contributed by atoms with Crippen LogP contribution in [0.25, 0.3) is 5.69 Å². The molecule has 1 amide bonds. The van der Waals surface area contributed by atoms with E-state index in [4.69, 9.17) is 11.6 Å². The Morgan fingerprint density at radius 1 is 1.38 bits per heavy atom. The maximum absolute atomic E-state index is 12.9. The Kier molecular flexibility index (Phi) is 4.40. The molecule has 1 aliphatic rings. The van der Waals surface area contributed by atoms with Gasteiger partial charge in [0.15, 0.2) is 5.69 Å². The average Bonchev–Trinajstić information content (AvgIpc) is 3.12. The van der Waals surface area contributed by atoms with Crippen molar-refractivity contribution in [2.75, 3.05) is 6.54 Å². The molecule has 5 nitrogen and oxygen atoms in total. The fraction of sp³-hybridized carbons (Fsp3) is 0.444. The minimum absolute atomic E-state index is 0.136. The quantitative estimate of drug-likeness (QED) is 0.927. The molecule has 128 valence electrons. The van der Waals surface area contributed by atoms with E-state index < -0.39 is 5.60 Å². The number of hydrogen-bond donors (Lipinski definition) is 1. The van der Waals surface area contributed by atoms with E-state index in [2.05, 4.69) is 5.10 Å². The molecule has 0 spiro atoms. The van der Waals surface area contributed by atoms with Gasteiger partial charge in [0, 0.05) is 17.3 Å². The minimum atomic E-state index is -0.920. The number of carbonyl (C=O) groups excluding carboxylic acids is 1. The van der Waals surface area contributed by atoms with Gasteiger partial charge in [0.2, 0.25) is 0 Å². The summed E-state index contributed by atoms with van der Waals surface area (Å²) >= 11 is 6.05. The van der Waals surface area contributed by atoms with Gasteiger partial charge in [-0.15, -0.1) is 0 Å². The Balaban J connectivity index is 1.91. The van der Waals surface area contributed by atoms with Crippen molar-refractivity contribution < 1.29 is 9.90 Å². The first-order valence-electron chi connectivity index (χ1n) is 8.13. The van der Waals surface area contributed by atoms with Crippen molar-refractivity contribution in [3.63, 3.8) is 0 Å². The maximum atomic E-state index is 12.9. The van der Waals surface area contributed by atoms with E-state index in [1.165, 1.54) is 0 Å². The third-order valence-electron chi connectivity index (χ3n) is 4.49. The third kappa shape index (κ3) is 3.19. The Morgan fingerprint density at radius 3 is 2.79 bits per heavy atom. The highest BCUT2D eigenvalue weighted by molar-refractivity contribution is 6.30. The second kappa shape index (κ2) is 6.22. The van der Waals surface area contributed by atoms with E-state index in [0.29, 0.717) is 17.3 Å². The van der Waals surface area contributed by atoms with Gasteiger partial charge in [-0.1, -0.05) is 17.7 Å². The standard InChI is InChI=1S/C18H22ClN3O2/c1-12-10-15(20-22(12)14-7-4-6-13(19)11-14)17(23)21-9-5-8-16(21)18(2,3)24/h4,6-7,10-11,16,24H,5,8-9H2,1-3H3. The first-order valence-corrected chi connectivity index (χ1v) is 8.51. The number of aryl methyl sites for hydroxylation is 1. The van der Waals surface area contributed by atoms with Crippen molar-refractivity contribution >= 4 is 17.5 Å². The fourth-order valence-corrected chi connectivity index (χ4v) is 3.52. The molecule has 24 heavy (non-hydrogen) atoms. The van der Waals surface area contributed by atoms with E-state index in [1.807, 2.05) is 25.1 Å². The monoisotopic (exact) mass is 347 g/mol. The van der Waals surface area contributed by atoms with Gasteiger partial charge >= 0.3 is 0 Å². The molecule has 1 fully saturated rings. The van der Waals surface area contributed by atoms with Crippen molar-refractivity contribution in [3.8, 4) is 5.69 Å². The van der Waals surface area contributed by atoms with Crippen LogP contribution < -0.4 is 0 Å². The highest BCUT2D eigenvalue weighted by Crippen LogP contribution is 2.28. The van der Waals surface area contributed by atoms with Crippen LogP contribution in [-0.2, 0) is 0 Å². The van der Waals surface area contributed by atoms with Crippen molar-refractivity contribution in [3.05, 3.63) is 46.7 Å². The lowest BCUT2D eigenvalue weighted by Gasteiger charge is -2.33. The molecule has 1 aliphatic heterocycles. The summed E-state index contributed by atoms with van der Waals surface area (Å²) in [6, 6.07) is 8.96. The van der Waals surface area contributed by atoms with Gasteiger partial charge in [0.1, 0.15) is 0 Å². The normalized spacial score (nSPS) is 18.2. The molecule has 0 saturated carbocycles. The summed E-state index contributed by atoms with van der Waals surface area (Å²) in [6.07, 6.45) is 1.71. The molecule has 1 saturated heterocycles. The molecule has 0 aliphatic carbocycles. The van der Waals surface area contributed by atoms with Crippen LogP contribution in [0, 0.1) is 6.92 Å². The lowest BCUT2D eigenvalue weighted by Crippen LogP contribution is -2.48. The zero-order valence-electron chi connectivity index (χ0n) is 14.2. The van der Waals surface area contributed by atoms with Gasteiger partial charge in [0.05, 0.1) is 17.3 Å². The molecular formula is C18H22ClN3O2. The predicted octanol–water partition coefficient (Wildman–Crippen LogP) is 3.21. The van der Waals surface area contributed by atoms with Gasteiger partial charge in [-0.25, -0.2) is 4.68 Å². The summed E-state index contributed by atoms with van der Waals surface area (Å²) in [6.45, 7) is 6.05. The number of benzene rings is 1. The molecule has 3 rings (SSSR count). The molecule has 0 radical (unpaired) electrons. The molecule has 2 aromatic rings. The second-order valence-electron chi connectivity index (χ2n) is 6.87. The van der Waals surface area contributed by atoms with Gasteiger partial charge in [-0.3, -0.25) is 4.79 Å². The number of hydrogen-bond acceptors (Lipinski definition) is 3. The van der Waals surface area contributed by atoms with Crippen molar-refractivity contribution in [2.45, 2.75) is 45.3 Å². The first-order chi connectivity index (χ1) is 11.3. The van der Waals surface area contributed by atoms with Crippen LogP contribution in [0.1, 0.15) is 42.9 Å². The summed E-state index contributed by atoms with van der Waals surface area (Å²) in [5, 5.41) is 15.4. The van der Waals surface area contributed by atoms with Crippen molar-refractivity contribution in [1.29, 1.82) is 0 Å². The van der Waals surface area contributed by atoms with Crippen LogP contribution >= 0.6 is 11.6 Å². The fourth-order valence-electron chi connectivity index (χ4n) is 3.34. The molecule has 6 heteroatoms. The van der Waals surface area contributed by atoms with Gasteiger partial charge in [-0.2, -0.15) is 5.10 Å². The number of aromatic nitrogens is 2. The first kappa shape index (κ1) is 17.0. The molecule has 1 unspecified atom stereocenters. The van der Waals surface area contributed by atoms with Gasteiger partial charge < -0.3 is 10.0 Å². The maximum Gasteiger partial charge on any atom is 0.274 e. The Labute approximate surface area is 146 Å². The van der Waals surface area contributed by atoms with Gasteiger partial charge in [-0.05, 0) is 57.9 Å². The Morgan fingerprint density at radius 2 is 2.12 bits per heavy atom. The summed E-state index contributed by atoms with van der Waals surface area (Å²) in [4.78, 5) is 14.6. The van der Waals surface area contributed by atoms with Gasteiger partial charge in [0.25, 0.3) is 5.91 Å². The van der Waals surface area contributed by atoms with Crippen LogP contribution in [-0.4, -0.2) is 43.9 Å². The number of likely N-dealkylation sites (tertiary alicyclic amines) is 1. The molecular weight excluding hydrogens is 326 g/mol. The summed E-state index contributed by atoms with van der Waals surface area (Å²) < 4.78 is 1.72. The van der Waals surface area contributed by atoms with E-state index in [1.54, 1.807) is 35.6 Å². The Hall–Kier alpha value is -1.85. The zero-order chi connectivity index (χ0) is 17.5. The van der Waals surface area contributed by atoms with Crippen LogP contribution in [0.2, 0.25) is 5.02 Å². The molecule has 2 heterocycles. The van der Waals surface area contributed by atoms with E-state index >= 15 is 0 Å². The van der Waals surface area contributed by atoms with Crippen molar-refractivity contribution in [1.82, 2.24) is 14.7 Å². The third-order valence-corrected chi connectivity index (χ3v) is 4.72. The summed E-state index contributed by atoms with van der Waals surface area (Å²) in [5.41, 5.74) is 1.15. The lowest BCUT2D eigenvalue weighted by atomic mass is 9.96. The lowest BCUT2D eigenvalue weighted by molar-refractivity contribution is 0.000103. The highest BCUT2D eigenvalue weighted by atomic mass is 35.5. The number of rotatable bonds is 3. The largest absolute Gasteiger partial charge is 0.388 e. The van der Waals surface area contributed by atoms with Crippen LogP contribution in [0.3, 0.4) is 0 Å². The van der Waals surface area contributed by atoms with E-state index in [9.17, 15) is 9.90 Å². The zero-order valence-corrected chi connectivity index (χ0v) is 14.9. The summed E-state index contributed by atoms with van der Waals surface area (Å²) in [5.74, 6) is -0.136. The van der Waals surface area contributed by atoms with E-state index in [-0.39, 0.29) is 11.9 Å². The van der Waals surface area contributed by atoms with Crippen LogP contribution in [0.15, 0.2) is 30.3 Å². The topological polar surface area (TPSA) is 58.4 Å². The molecule has 0 bridgehead atoms. The molecule has 1 aromatic heterocycles. The highest BCUT2D eigenvalue weighted by Gasteiger charge is 2.39. The number of halogens is 1. The number of amides is 1. The Bertz CT molecular complexity index is 764. The van der Waals surface area contributed by atoms with Crippen molar-refractivity contribution in [2.24, 2.45) is 0 Å². The number of nitrogens with zero attached hydrogens (tertiary/aromatic N) is 3. The van der Waals surface area contributed by atoms with Crippen LogP contribution in [0.5, 0.6) is 0 Å². The van der Waals surface area contributed by atoms with E-state index in [0.717, 1.165) is 24.2 Å². The average molecular weight is 348 g/mol. The second-order valence-corrected chi connectivity index (χ2v) is 7.31. The molecule has 1 aromatic carbocycles.